The Morgan fingerprint density at radius 2 is 1.88 bits per heavy atom. The van der Waals surface area contributed by atoms with Crippen LogP contribution in [0.15, 0.2) is 72.9 Å². The van der Waals surface area contributed by atoms with Gasteiger partial charge in [-0.05, 0) is 41.8 Å². The molecule has 3 rings (SSSR count). The van der Waals surface area contributed by atoms with Crippen LogP contribution in [0.1, 0.15) is 28.5 Å². The highest BCUT2D eigenvalue weighted by atomic mass is 16.5. The minimum Gasteiger partial charge on any atom is -0.489 e. The van der Waals surface area contributed by atoms with Crippen LogP contribution in [0, 0.1) is 6.92 Å². The molecule has 1 heterocycles. The number of pyridine rings is 1. The molecule has 0 aliphatic heterocycles. The summed E-state index contributed by atoms with van der Waals surface area (Å²) in [5.41, 5.74) is 4.05. The van der Waals surface area contributed by atoms with Gasteiger partial charge in [0.2, 0.25) is 0 Å². The summed E-state index contributed by atoms with van der Waals surface area (Å²) in [6.07, 6.45) is 1.25. The van der Waals surface area contributed by atoms with Gasteiger partial charge < -0.3 is 15.2 Å². The Morgan fingerprint density at radius 1 is 1.04 bits per heavy atom. The highest BCUT2D eigenvalue weighted by Crippen LogP contribution is 2.20. The normalized spacial score (nSPS) is 11.9. The highest BCUT2D eigenvalue weighted by molar-refractivity contribution is 5.30. The fourth-order valence-corrected chi connectivity index (χ4v) is 2.61. The van der Waals surface area contributed by atoms with Crippen LogP contribution in [0.5, 0.6) is 5.75 Å². The van der Waals surface area contributed by atoms with Crippen molar-refractivity contribution in [2.45, 2.75) is 26.2 Å². The van der Waals surface area contributed by atoms with E-state index in [1.54, 1.807) is 0 Å². The van der Waals surface area contributed by atoms with E-state index in [2.05, 4.69) is 10.3 Å². The molecular formula is C22H24N2O2. The largest absolute Gasteiger partial charge is 0.489 e. The van der Waals surface area contributed by atoms with Crippen LogP contribution in [-0.4, -0.2) is 16.6 Å². The van der Waals surface area contributed by atoms with Gasteiger partial charge in [-0.25, -0.2) is 0 Å². The number of aliphatic hydroxyl groups is 1. The maximum absolute atomic E-state index is 10.4. The van der Waals surface area contributed by atoms with Crippen LogP contribution < -0.4 is 10.1 Å². The molecule has 4 nitrogen and oxygen atoms in total. The Balaban J connectivity index is 1.50. The molecule has 1 aromatic heterocycles. The van der Waals surface area contributed by atoms with Crippen LogP contribution in [0.4, 0.5) is 0 Å². The second-order valence-corrected chi connectivity index (χ2v) is 6.32. The molecule has 0 aliphatic rings. The molecule has 0 fully saturated rings. The average molecular weight is 348 g/mol. The lowest BCUT2D eigenvalue weighted by Gasteiger charge is -2.14. The fourth-order valence-electron chi connectivity index (χ4n) is 2.61. The quantitative estimate of drug-likeness (QED) is 0.650. The molecule has 134 valence electrons. The molecular weight excluding hydrogens is 324 g/mol. The maximum Gasteiger partial charge on any atom is 0.120 e. The van der Waals surface area contributed by atoms with Gasteiger partial charge in [0, 0.05) is 19.3 Å². The Labute approximate surface area is 154 Å². The monoisotopic (exact) mass is 348 g/mol. The lowest BCUT2D eigenvalue weighted by molar-refractivity contribution is 0.173. The number of nitrogens with zero attached hydrogens (tertiary/aromatic N) is 1. The van der Waals surface area contributed by atoms with E-state index in [1.165, 1.54) is 0 Å². The lowest BCUT2D eigenvalue weighted by Crippen LogP contribution is -2.21. The molecule has 2 N–H and O–H groups in total. The first-order valence-electron chi connectivity index (χ1n) is 8.78. The Kier molecular flexibility index (Phi) is 6.36. The van der Waals surface area contributed by atoms with Crippen molar-refractivity contribution in [1.82, 2.24) is 10.3 Å². The predicted octanol–water partition coefficient (Wildman–Crippen LogP) is 3.79. The van der Waals surface area contributed by atoms with Crippen molar-refractivity contribution in [3.05, 3.63) is 95.3 Å². The summed E-state index contributed by atoms with van der Waals surface area (Å²) in [4.78, 5) is 4.35. The van der Waals surface area contributed by atoms with Crippen LogP contribution in [0.2, 0.25) is 0 Å². The average Bonchev–Trinajstić information content (AvgIpc) is 2.69. The third kappa shape index (κ3) is 5.41. The molecule has 4 heteroatoms. The first-order valence-corrected chi connectivity index (χ1v) is 8.78. The van der Waals surface area contributed by atoms with Gasteiger partial charge in [0.25, 0.3) is 0 Å². The van der Waals surface area contributed by atoms with Gasteiger partial charge in [0.05, 0.1) is 11.8 Å². The summed E-state index contributed by atoms with van der Waals surface area (Å²) in [7, 11) is 0. The van der Waals surface area contributed by atoms with E-state index in [1.807, 2.05) is 79.9 Å². The van der Waals surface area contributed by atoms with Gasteiger partial charge >= 0.3 is 0 Å². The summed E-state index contributed by atoms with van der Waals surface area (Å²) in [6, 6.07) is 21.7. The molecule has 1 unspecified atom stereocenters. The minimum atomic E-state index is -0.597. The van der Waals surface area contributed by atoms with Crippen LogP contribution in [-0.2, 0) is 13.2 Å². The topological polar surface area (TPSA) is 54.4 Å². The van der Waals surface area contributed by atoms with Gasteiger partial charge in [0.15, 0.2) is 0 Å². The van der Waals surface area contributed by atoms with Gasteiger partial charge in [0.1, 0.15) is 12.4 Å². The minimum absolute atomic E-state index is 0.456. The number of aliphatic hydroxyl groups excluding tert-OH is 1. The number of rotatable bonds is 8. The van der Waals surface area contributed by atoms with Crippen molar-refractivity contribution >= 4 is 0 Å². The zero-order chi connectivity index (χ0) is 18.2. The summed E-state index contributed by atoms with van der Waals surface area (Å²) in [5, 5.41) is 13.7. The van der Waals surface area contributed by atoms with Crippen molar-refractivity contribution in [1.29, 1.82) is 0 Å². The van der Waals surface area contributed by atoms with E-state index in [4.69, 9.17) is 4.74 Å². The van der Waals surface area contributed by atoms with Crippen LogP contribution in [0.25, 0.3) is 0 Å². The zero-order valence-electron chi connectivity index (χ0n) is 14.9. The fraction of sp³-hybridized carbons (Fsp3) is 0.227. The van der Waals surface area contributed by atoms with E-state index >= 15 is 0 Å². The molecule has 0 radical (unpaired) electrons. The van der Waals surface area contributed by atoms with Crippen molar-refractivity contribution in [3.63, 3.8) is 0 Å². The van der Waals surface area contributed by atoms with Gasteiger partial charge in [-0.2, -0.15) is 0 Å². The van der Waals surface area contributed by atoms with Crippen molar-refractivity contribution in [2.75, 3.05) is 6.54 Å². The number of nitrogens with one attached hydrogen (secondary N) is 1. The van der Waals surface area contributed by atoms with Gasteiger partial charge in [-0.1, -0.05) is 48.5 Å². The number of benzene rings is 2. The third-order valence-electron chi connectivity index (χ3n) is 4.11. The second-order valence-electron chi connectivity index (χ2n) is 6.32. The smallest absolute Gasteiger partial charge is 0.120 e. The number of aromatic nitrogens is 1. The molecule has 0 aliphatic carbocycles. The summed E-state index contributed by atoms with van der Waals surface area (Å²) < 4.78 is 5.83. The Bertz CT molecular complexity index is 804. The Hall–Kier alpha value is -2.69. The van der Waals surface area contributed by atoms with E-state index in [0.717, 1.165) is 28.1 Å². The predicted molar refractivity (Wildman–Crippen MR) is 103 cm³/mol. The van der Waals surface area contributed by atoms with Crippen molar-refractivity contribution in [2.24, 2.45) is 0 Å². The molecule has 3 aromatic rings. The van der Waals surface area contributed by atoms with E-state index in [0.29, 0.717) is 19.7 Å². The SMILES string of the molecule is Cc1ccc(CNCC(O)c2cccc(OCc3ccccc3)c2)nc1. The molecule has 0 saturated heterocycles. The van der Waals surface area contributed by atoms with Crippen molar-refractivity contribution in [3.8, 4) is 5.75 Å². The first-order chi connectivity index (χ1) is 12.7. The summed E-state index contributed by atoms with van der Waals surface area (Å²) in [5.74, 6) is 0.755. The van der Waals surface area contributed by atoms with Crippen LogP contribution >= 0.6 is 0 Å². The number of hydrogen-bond acceptors (Lipinski definition) is 4. The van der Waals surface area contributed by atoms with Crippen molar-refractivity contribution < 1.29 is 9.84 Å². The van der Waals surface area contributed by atoms with Crippen LogP contribution in [0.3, 0.4) is 0 Å². The number of ether oxygens (including phenoxy) is 1. The number of aryl methyl sites for hydroxylation is 1. The molecule has 2 aromatic carbocycles. The second kappa shape index (κ2) is 9.13. The van der Waals surface area contributed by atoms with Gasteiger partial charge in [-0.3, -0.25) is 4.98 Å². The van der Waals surface area contributed by atoms with Gasteiger partial charge in [-0.15, -0.1) is 0 Å². The standard InChI is InChI=1S/C22H24N2O2/c1-17-10-11-20(24-13-17)14-23-15-22(25)19-8-5-9-21(12-19)26-16-18-6-3-2-4-7-18/h2-13,22-23,25H,14-16H2,1H3. The Morgan fingerprint density at radius 3 is 2.65 bits per heavy atom. The lowest BCUT2D eigenvalue weighted by atomic mass is 10.1. The molecule has 1 atom stereocenters. The molecule has 0 saturated carbocycles. The first kappa shape index (κ1) is 18.1. The number of hydrogen-bond donors (Lipinski definition) is 2. The summed E-state index contributed by atoms with van der Waals surface area (Å²) in [6.45, 7) is 3.61. The molecule has 0 amide bonds. The zero-order valence-corrected chi connectivity index (χ0v) is 14.9. The highest BCUT2D eigenvalue weighted by Gasteiger charge is 2.08. The van der Waals surface area contributed by atoms with E-state index in [9.17, 15) is 5.11 Å². The van der Waals surface area contributed by atoms with E-state index in [-0.39, 0.29) is 0 Å². The molecule has 0 bridgehead atoms. The third-order valence-corrected chi connectivity index (χ3v) is 4.11. The molecule has 0 spiro atoms. The summed E-state index contributed by atoms with van der Waals surface area (Å²) >= 11 is 0. The van der Waals surface area contributed by atoms with E-state index < -0.39 is 6.10 Å². The molecule has 26 heavy (non-hydrogen) atoms. The maximum atomic E-state index is 10.4.